The molecule has 0 N–H and O–H groups in total. The zero-order valence-electron chi connectivity index (χ0n) is 7.94. The van der Waals surface area contributed by atoms with E-state index >= 15 is 0 Å². The minimum Gasteiger partial charge on any atom is -0.0877 e. The lowest BCUT2D eigenvalue weighted by Gasteiger charge is -1.87. The maximum atomic E-state index is 2.16. The van der Waals surface area contributed by atoms with Crippen molar-refractivity contribution in [2.75, 3.05) is 0 Å². The molecular weight excluding hydrogens is 120 g/mol. The van der Waals surface area contributed by atoms with Gasteiger partial charge in [0, 0.05) is 0 Å². The van der Waals surface area contributed by atoms with Crippen molar-refractivity contribution in [3.05, 3.63) is 23.8 Å². The predicted molar refractivity (Wildman–Crippen MR) is 50.2 cm³/mol. The van der Waals surface area contributed by atoms with E-state index in [-0.39, 0.29) is 0 Å². The molecule has 0 amide bonds. The van der Waals surface area contributed by atoms with Gasteiger partial charge in [-0.1, -0.05) is 44.6 Å². The maximum Gasteiger partial charge on any atom is -0.0349 e. The molecule has 0 aromatic rings. The summed E-state index contributed by atoms with van der Waals surface area (Å²) in [5.74, 6) is 0. The largest absolute Gasteiger partial charge is 0.0877 e. The van der Waals surface area contributed by atoms with Gasteiger partial charge in [-0.2, -0.15) is 0 Å². The Morgan fingerprint density at radius 3 is 2.10 bits per heavy atom. The van der Waals surface area contributed by atoms with E-state index in [9.17, 15) is 0 Å². The molecule has 0 heterocycles. The van der Waals surface area contributed by atoms with E-state index < -0.39 is 0 Å². The summed E-state index contributed by atoms with van der Waals surface area (Å²) in [6.45, 7) is 10.3. The highest BCUT2D eigenvalue weighted by Crippen LogP contribution is 1.96. The molecule has 60 valence electrons. The highest BCUT2D eigenvalue weighted by atomic mass is 13.8. The van der Waals surface area contributed by atoms with Crippen molar-refractivity contribution in [1.29, 1.82) is 0 Å². The van der Waals surface area contributed by atoms with Crippen LogP contribution in [0.4, 0.5) is 0 Å². The Morgan fingerprint density at radius 1 is 1.30 bits per heavy atom. The number of hydrogen-bond acceptors (Lipinski definition) is 0. The minimum atomic E-state index is 1.16. The smallest absolute Gasteiger partial charge is 0.0349 e. The van der Waals surface area contributed by atoms with Crippen LogP contribution in [-0.4, -0.2) is 0 Å². The quantitative estimate of drug-likeness (QED) is 0.509. The lowest BCUT2D eigenvalue weighted by Crippen LogP contribution is -1.66. The van der Waals surface area contributed by atoms with Gasteiger partial charge in [-0.3, -0.25) is 0 Å². The Kier molecular flexibility index (Phi) is 13.8. The molecule has 0 heteroatoms. The summed E-state index contributed by atoms with van der Waals surface area (Å²) in [4.78, 5) is 0. The van der Waals surface area contributed by atoms with Crippen LogP contribution in [0, 0.1) is 0 Å². The standard InChI is InChI=1S/C8H14.C2H6/c1-4-6-7-8(3)5-2;1-2/h4,6-7H,5H2,1-3H3;1-2H3/b6-4-,8-7-;. The first kappa shape index (κ1) is 12.2. The summed E-state index contributed by atoms with van der Waals surface area (Å²) >= 11 is 0. The number of allylic oxidation sites excluding steroid dienone is 4. The minimum absolute atomic E-state index is 1.16. The van der Waals surface area contributed by atoms with Crippen molar-refractivity contribution in [2.45, 2.75) is 41.0 Å². The Morgan fingerprint density at radius 2 is 1.80 bits per heavy atom. The van der Waals surface area contributed by atoms with Crippen LogP contribution in [0.15, 0.2) is 23.8 Å². The molecule has 0 saturated heterocycles. The van der Waals surface area contributed by atoms with E-state index in [1.165, 1.54) is 5.57 Å². The molecule has 0 saturated carbocycles. The Hall–Kier alpha value is -0.520. The molecule has 10 heavy (non-hydrogen) atoms. The van der Waals surface area contributed by atoms with Gasteiger partial charge in [0.05, 0.1) is 0 Å². The molecule has 0 unspecified atom stereocenters. The molecule has 0 aliphatic rings. The van der Waals surface area contributed by atoms with Crippen LogP contribution >= 0.6 is 0 Å². The Bertz CT molecular complexity index is 96.6. The zero-order valence-corrected chi connectivity index (χ0v) is 7.94. The molecule has 0 aliphatic carbocycles. The van der Waals surface area contributed by atoms with Crippen molar-refractivity contribution in [2.24, 2.45) is 0 Å². The normalized spacial score (nSPS) is 11.1. The molecule has 0 aromatic carbocycles. The summed E-state index contributed by atoms with van der Waals surface area (Å²) in [6, 6.07) is 0. The SMILES string of the molecule is C/C=C\C=C(\C)CC.CC. The highest BCUT2D eigenvalue weighted by molar-refractivity contribution is 5.08. The van der Waals surface area contributed by atoms with Gasteiger partial charge in [-0.05, 0) is 20.3 Å². The summed E-state index contributed by atoms with van der Waals surface area (Å²) in [6.07, 6.45) is 7.41. The molecule has 0 spiro atoms. The molecule has 0 rings (SSSR count). The fourth-order valence-corrected chi connectivity index (χ4v) is 0.378. The summed E-state index contributed by atoms with van der Waals surface area (Å²) < 4.78 is 0. The number of hydrogen-bond donors (Lipinski definition) is 0. The van der Waals surface area contributed by atoms with Crippen LogP contribution in [0.3, 0.4) is 0 Å². The average molecular weight is 140 g/mol. The molecular formula is C10H20. The lowest BCUT2D eigenvalue weighted by molar-refractivity contribution is 1.10. The number of rotatable bonds is 2. The van der Waals surface area contributed by atoms with E-state index in [1.54, 1.807) is 0 Å². The van der Waals surface area contributed by atoms with Crippen LogP contribution in [-0.2, 0) is 0 Å². The first-order valence-electron chi connectivity index (χ1n) is 4.09. The van der Waals surface area contributed by atoms with E-state index in [2.05, 4.69) is 26.0 Å². The Balaban J connectivity index is 0. The second-order valence-corrected chi connectivity index (χ2v) is 1.89. The fraction of sp³-hybridized carbons (Fsp3) is 0.600. The molecule has 0 atom stereocenters. The summed E-state index contributed by atoms with van der Waals surface area (Å²) in [5.41, 5.74) is 1.43. The maximum absolute atomic E-state index is 2.16. The molecule has 0 radical (unpaired) electrons. The van der Waals surface area contributed by atoms with Crippen molar-refractivity contribution in [3.8, 4) is 0 Å². The van der Waals surface area contributed by atoms with Crippen LogP contribution in [0.5, 0.6) is 0 Å². The van der Waals surface area contributed by atoms with E-state index in [4.69, 9.17) is 0 Å². The van der Waals surface area contributed by atoms with Gasteiger partial charge in [-0.15, -0.1) is 0 Å². The predicted octanol–water partition coefficient (Wildman–Crippen LogP) is 3.95. The van der Waals surface area contributed by atoms with E-state index in [0.717, 1.165) is 6.42 Å². The van der Waals surface area contributed by atoms with Crippen molar-refractivity contribution in [3.63, 3.8) is 0 Å². The first-order chi connectivity index (χ1) is 4.81. The molecule has 0 fully saturated rings. The first-order valence-corrected chi connectivity index (χ1v) is 4.09. The van der Waals surface area contributed by atoms with Crippen molar-refractivity contribution >= 4 is 0 Å². The van der Waals surface area contributed by atoms with Gasteiger partial charge in [0.2, 0.25) is 0 Å². The van der Waals surface area contributed by atoms with Gasteiger partial charge >= 0.3 is 0 Å². The van der Waals surface area contributed by atoms with Crippen LogP contribution in [0.2, 0.25) is 0 Å². The van der Waals surface area contributed by atoms with Gasteiger partial charge < -0.3 is 0 Å². The highest BCUT2D eigenvalue weighted by Gasteiger charge is 1.75. The lowest BCUT2D eigenvalue weighted by atomic mass is 10.2. The third kappa shape index (κ3) is 10.5. The molecule has 0 aliphatic heterocycles. The summed E-state index contributed by atoms with van der Waals surface area (Å²) in [5, 5.41) is 0. The van der Waals surface area contributed by atoms with Crippen LogP contribution in [0.1, 0.15) is 41.0 Å². The topological polar surface area (TPSA) is 0 Å². The second kappa shape index (κ2) is 11.3. The average Bonchev–Trinajstić information content (AvgIpc) is 2.04. The third-order valence-electron chi connectivity index (χ3n) is 1.13. The van der Waals surface area contributed by atoms with Gasteiger partial charge in [0.25, 0.3) is 0 Å². The van der Waals surface area contributed by atoms with Crippen LogP contribution in [0.25, 0.3) is 0 Å². The van der Waals surface area contributed by atoms with Crippen LogP contribution < -0.4 is 0 Å². The van der Waals surface area contributed by atoms with Gasteiger partial charge in [-0.25, -0.2) is 0 Å². The molecule has 0 nitrogen and oxygen atoms in total. The van der Waals surface area contributed by atoms with Crippen molar-refractivity contribution in [1.82, 2.24) is 0 Å². The molecule has 0 aromatic heterocycles. The zero-order chi connectivity index (χ0) is 8.41. The molecule has 0 bridgehead atoms. The van der Waals surface area contributed by atoms with Crippen molar-refractivity contribution < 1.29 is 0 Å². The third-order valence-corrected chi connectivity index (χ3v) is 1.13. The van der Waals surface area contributed by atoms with E-state index in [1.807, 2.05) is 26.8 Å². The Labute approximate surface area is 65.7 Å². The van der Waals surface area contributed by atoms with Gasteiger partial charge in [0.1, 0.15) is 0 Å². The second-order valence-electron chi connectivity index (χ2n) is 1.89. The van der Waals surface area contributed by atoms with Gasteiger partial charge in [0.15, 0.2) is 0 Å². The van der Waals surface area contributed by atoms with E-state index in [0.29, 0.717) is 0 Å². The summed E-state index contributed by atoms with van der Waals surface area (Å²) in [7, 11) is 0. The fourth-order valence-electron chi connectivity index (χ4n) is 0.378. The monoisotopic (exact) mass is 140 g/mol.